The summed E-state index contributed by atoms with van der Waals surface area (Å²) in [5.41, 5.74) is 1.12. The summed E-state index contributed by atoms with van der Waals surface area (Å²) in [6, 6.07) is 29.8. The third-order valence-corrected chi connectivity index (χ3v) is 13.1. The van der Waals surface area contributed by atoms with Crippen LogP contribution < -0.4 is 43.0 Å². The van der Waals surface area contributed by atoms with Gasteiger partial charge in [0.15, 0.2) is 29.5 Å². The van der Waals surface area contributed by atoms with Gasteiger partial charge < -0.3 is 53.2 Å². The highest BCUT2D eigenvalue weighted by molar-refractivity contribution is 6.30. The summed E-state index contributed by atoms with van der Waals surface area (Å²) in [4.78, 5) is 13.3. The zero-order chi connectivity index (χ0) is 68.6. The molecule has 0 amide bonds. The monoisotopic (exact) mass is 1380 g/mol. The smallest absolute Gasteiger partial charge is 0.488 e. The molecule has 2 aliphatic rings. The lowest BCUT2D eigenvalue weighted by atomic mass is 9.98. The van der Waals surface area contributed by atoms with Gasteiger partial charge in [-0.15, -0.1) is 77.5 Å². The van der Waals surface area contributed by atoms with Crippen LogP contribution in [0, 0.1) is 0 Å². The highest BCUT2D eigenvalue weighted by Gasteiger charge is 2.45. The number of rotatable bonds is 15. The van der Waals surface area contributed by atoms with E-state index >= 15 is 0 Å². The lowest BCUT2D eigenvalue weighted by Gasteiger charge is -2.41. The lowest BCUT2D eigenvalue weighted by molar-refractivity contribution is -0.275. The Bertz CT molecular complexity index is 3480. The fraction of sp³-hybridized carbons (Fsp3) is 0.271. The Balaban J connectivity index is 0.000000243. The fourth-order valence-electron chi connectivity index (χ4n) is 9.19. The molecule has 4 atom stereocenters. The summed E-state index contributed by atoms with van der Waals surface area (Å²) in [6.45, 7) is -2.78. The standard InChI is InChI=1S/2C25H18F9NO4.C9H6ClF3O2.H2/c2*26-23(27,28)21(36)12-35-19-9-3-8-18(14-4-1-6-16(10-14)38-24(29,30)31)22(19)37-13-20(35)15-5-2-7-17(11-15)39-25(32,33)34;10-5-8(14)6-2-1-3-7(4-6)15-9(11,12)13;/h2*1-11,20-21,36H,12-13H2;1-4H,5H2;1H/i;;;1+1. The minimum Gasteiger partial charge on any atom is -0.488 e. The van der Waals surface area contributed by atoms with E-state index in [0.717, 1.165) is 70.5 Å². The van der Waals surface area contributed by atoms with Gasteiger partial charge in [0, 0.05) is 18.1 Å². The molecule has 0 saturated heterocycles. The number of aliphatic hydroxyl groups excluding tert-OH is 2. The Morgan fingerprint density at radius 2 is 0.742 bits per heavy atom. The van der Waals surface area contributed by atoms with E-state index in [9.17, 15) is 107 Å². The van der Waals surface area contributed by atoms with Crippen molar-refractivity contribution in [2.24, 2.45) is 0 Å². The molecule has 4 unspecified atom stereocenters. The normalized spacial score (nSPS) is 15.9. The van der Waals surface area contributed by atoms with E-state index < -0.39 is 116 Å². The van der Waals surface area contributed by atoms with Crippen molar-refractivity contribution in [3.63, 3.8) is 0 Å². The quantitative estimate of drug-likeness (QED) is 0.0576. The van der Waals surface area contributed by atoms with Gasteiger partial charge in [-0.05, 0) is 95.1 Å². The summed E-state index contributed by atoms with van der Waals surface area (Å²) in [6.07, 6.45) is -40.4. The molecule has 0 aromatic heterocycles. The molecule has 504 valence electrons. The molecular weight excluding hydrogens is 1330 g/mol. The molecule has 0 saturated carbocycles. The second-order valence-electron chi connectivity index (χ2n) is 19.4. The second kappa shape index (κ2) is 28.6. The average Bonchev–Trinajstić information content (AvgIpc) is 0.769. The van der Waals surface area contributed by atoms with Gasteiger partial charge in [-0.2, -0.15) is 26.3 Å². The first-order chi connectivity index (χ1) is 43.1. The first-order valence-corrected chi connectivity index (χ1v) is 26.6. The molecular formula is C59H44ClF21N2O10. The van der Waals surface area contributed by atoms with E-state index in [1.165, 1.54) is 97.1 Å². The predicted molar refractivity (Wildman–Crippen MR) is 289 cm³/mol. The number of benzene rings is 7. The van der Waals surface area contributed by atoms with Crippen LogP contribution in [-0.2, 0) is 0 Å². The molecule has 0 fully saturated rings. The molecule has 2 heterocycles. The van der Waals surface area contributed by atoms with Crippen LogP contribution in [0.15, 0.2) is 158 Å². The largest absolute Gasteiger partial charge is 0.573 e. The van der Waals surface area contributed by atoms with Crippen LogP contribution in [0.25, 0.3) is 22.3 Å². The van der Waals surface area contributed by atoms with Crippen molar-refractivity contribution in [1.82, 2.24) is 0 Å². The van der Waals surface area contributed by atoms with Crippen LogP contribution >= 0.6 is 11.6 Å². The molecule has 93 heavy (non-hydrogen) atoms. The second-order valence-corrected chi connectivity index (χ2v) is 19.7. The Morgan fingerprint density at radius 1 is 0.441 bits per heavy atom. The van der Waals surface area contributed by atoms with E-state index in [4.69, 9.17) is 21.1 Å². The molecule has 0 spiro atoms. The fourth-order valence-corrected chi connectivity index (χ4v) is 9.34. The number of β-amino-alcohol motifs (C(OH)–C–C–N with tert-alkyl or cyclic N) is 2. The Morgan fingerprint density at radius 3 is 1.06 bits per heavy atom. The van der Waals surface area contributed by atoms with Crippen molar-refractivity contribution in [2.75, 3.05) is 42.0 Å². The number of hydrogen-bond acceptors (Lipinski definition) is 12. The van der Waals surface area contributed by atoms with Gasteiger partial charge in [0.2, 0.25) is 0 Å². The van der Waals surface area contributed by atoms with Gasteiger partial charge in [-0.1, -0.05) is 84.9 Å². The minimum atomic E-state index is -5.02. The number of alkyl halides is 22. The lowest BCUT2D eigenvalue weighted by Crippen LogP contribution is -2.46. The number of halogens is 22. The Hall–Kier alpha value is -8.85. The number of carbonyl (C=O) groups excluding carboxylic acids is 1. The topological polar surface area (TPSA) is 129 Å². The number of ketones is 1. The number of carbonyl (C=O) groups is 1. The summed E-state index contributed by atoms with van der Waals surface area (Å²) < 4.78 is 299. The maximum Gasteiger partial charge on any atom is 0.573 e. The van der Waals surface area contributed by atoms with Gasteiger partial charge in [0.05, 0.1) is 42.4 Å². The predicted octanol–water partition coefficient (Wildman–Crippen LogP) is 17.3. The highest BCUT2D eigenvalue weighted by Crippen LogP contribution is 2.49. The zero-order valence-electron chi connectivity index (χ0n) is 46.2. The number of hydrogen-bond donors (Lipinski definition) is 2. The van der Waals surface area contributed by atoms with Crippen LogP contribution in [0.1, 0.15) is 35.0 Å². The van der Waals surface area contributed by atoms with Crippen LogP contribution in [0.5, 0.6) is 40.2 Å². The van der Waals surface area contributed by atoms with Gasteiger partial charge in [-0.25, -0.2) is 0 Å². The van der Waals surface area contributed by atoms with E-state index in [-0.39, 0.29) is 82.3 Å². The van der Waals surface area contributed by atoms with Crippen molar-refractivity contribution in [1.29, 1.82) is 0 Å². The van der Waals surface area contributed by atoms with E-state index in [2.05, 4.69) is 23.7 Å². The number of fused-ring (bicyclic) bond motifs is 2. The van der Waals surface area contributed by atoms with Crippen molar-refractivity contribution < 1.29 is 142 Å². The number of ether oxygens (including phenoxy) is 7. The zero-order valence-corrected chi connectivity index (χ0v) is 47.0. The number of anilines is 2. The molecule has 0 radical (unpaired) electrons. The number of Topliss-reactive ketones (excluding diaryl/α,β-unsaturated/α-hetero) is 1. The molecule has 0 aliphatic carbocycles. The number of nitrogens with zero attached hydrogens (tertiary/aromatic N) is 2. The SMILES string of the molecule is O=C(CCl)c1cccc(OC(F)(F)F)c1.OC(CN1c2cccc(-c3cccc(OC(F)(F)F)c3)c2OCC1c1cccc(OC(F)(F)F)c1)C(F)(F)F.OC(CN1c2cccc(-c3cccc(OC(F)(F)F)c3)c2OCC1c1cccc(OC(F)(F)F)c1)C(F)(F)F.[2HH]. The first-order valence-electron chi connectivity index (χ1n) is 26.1. The molecule has 2 aliphatic heterocycles. The summed E-state index contributed by atoms with van der Waals surface area (Å²) in [5.74, 6) is -3.49. The Labute approximate surface area is 516 Å². The third kappa shape index (κ3) is 20.8. The van der Waals surface area contributed by atoms with Crippen LogP contribution in [0.3, 0.4) is 0 Å². The van der Waals surface area contributed by atoms with Crippen molar-refractivity contribution in [3.05, 3.63) is 174 Å². The maximum atomic E-state index is 13.3. The van der Waals surface area contributed by atoms with Crippen molar-refractivity contribution in [2.45, 2.75) is 68.5 Å². The van der Waals surface area contributed by atoms with Gasteiger partial charge in [0.1, 0.15) is 42.0 Å². The molecule has 0 bridgehead atoms. The van der Waals surface area contributed by atoms with Crippen LogP contribution in [0.4, 0.5) is 104 Å². The number of aliphatic hydroxyl groups is 2. The summed E-state index contributed by atoms with van der Waals surface area (Å²) >= 11 is 5.26. The van der Waals surface area contributed by atoms with Crippen molar-refractivity contribution in [3.8, 4) is 62.5 Å². The van der Waals surface area contributed by atoms with Crippen LogP contribution in [-0.4, -0.2) is 105 Å². The van der Waals surface area contributed by atoms with Gasteiger partial charge >= 0.3 is 44.2 Å². The Kier molecular flexibility index (Phi) is 22.0. The first kappa shape index (κ1) is 71.6. The average molecular weight is 1380 g/mol. The minimum absolute atomic E-state index is 0. The van der Waals surface area contributed by atoms with Crippen LogP contribution in [0.2, 0.25) is 0 Å². The highest BCUT2D eigenvalue weighted by atomic mass is 35.5. The van der Waals surface area contributed by atoms with E-state index in [0.29, 0.717) is 0 Å². The molecule has 2 N–H and O–H groups in total. The van der Waals surface area contributed by atoms with E-state index in [1.54, 1.807) is 0 Å². The molecule has 12 nitrogen and oxygen atoms in total. The molecule has 7 aromatic rings. The summed E-state index contributed by atoms with van der Waals surface area (Å²) in [5, 5.41) is 19.7. The van der Waals surface area contributed by atoms with Gasteiger partial charge in [-0.3, -0.25) is 4.79 Å². The van der Waals surface area contributed by atoms with Crippen molar-refractivity contribution >= 4 is 28.8 Å². The molecule has 34 heteroatoms. The third-order valence-electron chi connectivity index (χ3n) is 12.8. The van der Waals surface area contributed by atoms with Gasteiger partial charge in [0.25, 0.3) is 0 Å². The van der Waals surface area contributed by atoms with E-state index in [1.807, 2.05) is 0 Å². The molecule has 7 aromatic carbocycles. The maximum absolute atomic E-state index is 13.3. The molecule has 9 rings (SSSR count). The number of para-hydroxylation sites is 2. The summed E-state index contributed by atoms with van der Waals surface area (Å²) in [7, 11) is 0.